The summed E-state index contributed by atoms with van der Waals surface area (Å²) in [4.78, 5) is 31.0. The summed E-state index contributed by atoms with van der Waals surface area (Å²) in [6.45, 7) is 7.54. The Morgan fingerprint density at radius 3 is 2.52 bits per heavy atom. The third-order valence-corrected chi connectivity index (χ3v) is 6.82. The highest BCUT2D eigenvalue weighted by atomic mass is 16.5. The summed E-state index contributed by atoms with van der Waals surface area (Å²) in [5, 5.41) is 4.07. The Balaban J connectivity index is 1.38. The Labute approximate surface area is 194 Å². The van der Waals surface area contributed by atoms with Crippen molar-refractivity contribution in [2.45, 2.75) is 45.4 Å². The zero-order valence-corrected chi connectivity index (χ0v) is 19.3. The monoisotopic (exact) mass is 446 g/mol. The van der Waals surface area contributed by atoms with Crippen LogP contribution in [0.25, 0.3) is 11.3 Å². The molecule has 0 radical (unpaired) electrons. The van der Waals surface area contributed by atoms with Crippen molar-refractivity contribution in [3.05, 3.63) is 53.7 Å². The number of aromatic nitrogens is 4. The van der Waals surface area contributed by atoms with Crippen LogP contribution in [0.1, 0.15) is 60.4 Å². The molecule has 0 aliphatic carbocycles. The van der Waals surface area contributed by atoms with Crippen LogP contribution in [0.5, 0.6) is 0 Å². The molecule has 5 rings (SSSR count). The van der Waals surface area contributed by atoms with Gasteiger partial charge in [0.2, 0.25) is 5.95 Å². The van der Waals surface area contributed by atoms with Crippen molar-refractivity contribution in [3.63, 3.8) is 0 Å². The van der Waals surface area contributed by atoms with Crippen molar-refractivity contribution in [2.24, 2.45) is 5.92 Å². The van der Waals surface area contributed by atoms with Crippen LogP contribution >= 0.6 is 0 Å². The van der Waals surface area contributed by atoms with E-state index in [9.17, 15) is 4.79 Å². The van der Waals surface area contributed by atoms with Gasteiger partial charge in [0.15, 0.2) is 5.76 Å². The second kappa shape index (κ2) is 9.29. The average Bonchev–Trinajstić information content (AvgIpc) is 3.30. The topological polar surface area (TPSA) is 88.3 Å². The average molecular weight is 447 g/mol. The van der Waals surface area contributed by atoms with Crippen LogP contribution < -0.4 is 4.90 Å². The number of hydrogen-bond donors (Lipinski definition) is 0. The highest BCUT2D eigenvalue weighted by molar-refractivity contribution is 5.92. The molecule has 3 aromatic rings. The van der Waals surface area contributed by atoms with E-state index in [2.05, 4.69) is 22.0 Å². The summed E-state index contributed by atoms with van der Waals surface area (Å²) >= 11 is 0. The third-order valence-electron chi connectivity index (χ3n) is 6.82. The smallest absolute Gasteiger partial charge is 0.272 e. The number of carbonyl (C=O) groups is 1. The molecule has 172 valence electrons. The fourth-order valence-corrected chi connectivity index (χ4v) is 4.75. The van der Waals surface area contributed by atoms with Gasteiger partial charge in [0.25, 0.3) is 5.91 Å². The van der Waals surface area contributed by atoms with Crippen LogP contribution in [0.3, 0.4) is 0 Å². The lowest BCUT2D eigenvalue weighted by molar-refractivity contribution is 0.0706. The van der Waals surface area contributed by atoms with Gasteiger partial charge in [-0.2, -0.15) is 0 Å². The lowest BCUT2D eigenvalue weighted by Crippen LogP contribution is -2.38. The SMILES string of the molecule is Cc1cc(-c2cnc(N3CCC(C)CC3)nc2C2CCN(C(=O)c3ccccn3)CC2)on1. The lowest BCUT2D eigenvalue weighted by atomic mass is 9.90. The van der Waals surface area contributed by atoms with Crippen LogP contribution in [0.4, 0.5) is 5.95 Å². The van der Waals surface area contributed by atoms with E-state index in [0.29, 0.717) is 24.5 Å². The number of nitrogens with zero attached hydrogens (tertiary/aromatic N) is 6. The van der Waals surface area contributed by atoms with Gasteiger partial charge in [0.05, 0.1) is 17.0 Å². The number of anilines is 1. The van der Waals surface area contributed by atoms with Crippen LogP contribution in [-0.4, -0.2) is 57.1 Å². The minimum Gasteiger partial charge on any atom is -0.356 e. The molecule has 0 saturated carbocycles. The second-order valence-electron chi connectivity index (χ2n) is 9.25. The Hall–Kier alpha value is -3.29. The highest BCUT2D eigenvalue weighted by Gasteiger charge is 2.30. The van der Waals surface area contributed by atoms with Gasteiger partial charge >= 0.3 is 0 Å². The van der Waals surface area contributed by atoms with Crippen molar-refractivity contribution in [1.82, 2.24) is 25.0 Å². The summed E-state index contributed by atoms with van der Waals surface area (Å²) in [5.41, 5.74) is 3.23. The minimum absolute atomic E-state index is 0.00838. The maximum absolute atomic E-state index is 12.8. The van der Waals surface area contributed by atoms with Crippen LogP contribution in [0.15, 0.2) is 41.2 Å². The largest absolute Gasteiger partial charge is 0.356 e. The van der Waals surface area contributed by atoms with Gasteiger partial charge in [-0.15, -0.1) is 0 Å². The van der Waals surface area contributed by atoms with E-state index in [1.165, 1.54) is 0 Å². The van der Waals surface area contributed by atoms with E-state index in [4.69, 9.17) is 14.5 Å². The van der Waals surface area contributed by atoms with Gasteiger partial charge in [-0.3, -0.25) is 9.78 Å². The first-order valence-electron chi connectivity index (χ1n) is 11.8. The molecule has 0 spiro atoms. The molecule has 0 unspecified atom stereocenters. The minimum atomic E-state index is -0.00838. The number of carbonyl (C=O) groups excluding carboxylic acids is 1. The van der Waals surface area contributed by atoms with E-state index in [0.717, 1.165) is 67.6 Å². The predicted octanol–water partition coefficient (Wildman–Crippen LogP) is 4.09. The molecule has 2 fully saturated rings. The summed E-state index contributed by atoms with van der Waals surface area (Å²) in [5.74, 6) is 2.46. The molecule has 5 heterocycles. The Bertz CT molecular complexity index is 1100. The van der Waals surface area contributed by atoms with Gasteiger partial charge in [-0.25, -0.2) is 9.97 Å². The molecule has 3 aromatic heterocycles. The molecule has 2 aliphatic heterocycles. The van der Waals surface area contributed by atoms with Gasteiger partial charge in [-0.1, -0.05) is 18.1 Å². The fraction of sp³-hybridized carbons (Fsp3) is 0.480. The molecule has 0 bridgehead atoms. The van der Waals surface area contributed by atoms with Crippen molar-refractivity contribution in [1.29, 1.82) is 0 Å². The van der Waals surface area contributed by atoms with E-state index >= 15 is 0 Å². The van der Waals surface area contributed by atoms with Gasteiger partial charge < -0.3 is 14.3 Å². The van der Waals surface area contributed by atoms with Crippen molar-refractivity contribution >= 4 is 11.9 Å². The predicted molar refractivity (Wildman–Crippen MR) is 125 cm³/mol. The highest BCUT2D eigenvalue weighted by Crippen LogP contribution is 2.35. The molecule has 0 aromatic carbocycles. The lowest BCUT2D eigenvalue weighted by Gasteiger charge is -2.33. The molecular weight excluding hydrogens is 416 g/mol. The first-order chi connectivity index (χ1) is 16.1. The Morgan fingerprint density at radius 1 is 1.06 bits per heavy atom. The van der Waals surface area contributed by atoms with Crippen molar-refractivity contribution < 1.29 is 9.32 Å². The molecule has 0 N–H and O–H groups in total. The van der Waals surface area contributed by atoms with Crippen LogP contribution in [0.2, 0.25) is 0 Å². The molecule has 8 nitrogen and oxygen atoms in total. The Morgan fingerprint density at radius 2 is 1.85 bits per heavy atom. The number of hydrogen-bond acceptors (Lipinski definition) is 7. The maximum atomic E-state index is 12.8. The number of rotatable bonds is 4. The second-order valence-corrected chi connectivity index (χ2v) is 9.25. The summed E-state index contributed by atoms with van der Waals surface area (Å²) in [6.07, 6.45) is 7.56. The van der Waals surface area contributed by atoms with Gasteiger partial charge in [0, 0.05) is 50.6 Å². The van der Waals surface area contributed by atoms with Crippen molar-refractivity contribution in [3.8, 4) is 11.3 Å². The van der Waals surface area contributed by atoms with Crippen LogP contribution in [-0.2, 0) is 0 Å². The standard InChI is InChI=1S/C25H30N6O2/c1-17-6-11-31(12-7-17)25-27-16-20(22-15-18(2)29-33-22)23(28-25)19-8-13-30(14-9-19)24(32)21-5-3-4-10-26-21/h3-5,10,15-17,19H,6-9,11-14H2,1-2H3. The molecule has 33 heavy (non-hydrogen) atoms. The van der Waals surface area contributed by atoms with Crippen molar-refractivity contribution in [2.75, 3.05) is 31.1 Å². The number of piperidine rings is 2. The zero-order chi connectivity index (χ0) is 22.8. The zero-order valence-electron chi connectivity index (χ0n) is 19.3. The fourth-order valence-electron chi connectivity index (χ4n) is 4.75. The summed E-state index contributed by atoms with van der Waals surface area (Å²) in [7, 11) is 0. The van der Waals surface area contributed by atoms with E-state index in [1.807, 2.05) is 36.2 Å². The maximum Gasteiger partial charge on any atom is 0.272 e. The van der Waals surface area contributed by atoms with Gasteiger partial charge in [-0.05, 0) is 50.7 Å². The molecule has 2 saturated heterocycles. The number of pyridine rings is 1. The normalized spacial score (nSPS) is 18.0. The quantitative estimate of drug-likeness (QED) is 0.596. The molecule has 0 atom stereocenters. The molecular formula is C25H30N6O2. The number of amides is 1. The molecule has 8 heteroatoms. The van der Waals surface area contributed by atoms with E-state index in [-0.39, 0.29) is 11.8 Å². The van der Waals surface area contributed by atoms with Gasteiger partial charge in [0.1, 0.15) is 5.69 Å². The first-order valence-corrected chi connectivity index (χ1v) is 11.8. The van der Waals surface area contributed by atoms with Crippen LogP contribution in [0, 0.1) is 12.8 Å². The summed E-state index contributed by atoms with van der Waals surface area (Å²) < 4.78 is 5.58. The van der Waals surface area contributed by atoms with E-state index in [1.54, 1.807) is 12.3 Å². The molecule has 1 amide bonds. The first kappa shape index (κ1) is 21.6. The number of likely N-dealkylation sites (tertiary alicyclic amines) is 1. The van der Waals surface area contributed by atoms with E-state index < -0.39 is 0 Å². The molecule has 2 aliphatic rings. The third kappa shape index (κ3) is 4.60. The summed E-state index contributed by atoms with van der Waals surface area (Å²) in [6, 6.07) is 7.38. The Kier molecular flexibility index (Phi) is 6.07. The number of aryl methyl sites for hydroxylation is 1.